The molecule has 1 unspecified atom stereocenters. The summed E-state index contributed by atoms with van der Waals surface area (Å²) in [6.07, 6.45) is 1.78. The van der Waals surface area contributed by atoms with E-state index in [9.17, 15) is 9.59 Å². The number of fused-ring (bicyclic) bond motifs is 1. The molecular formula is C26H21N5O2S2. The molecule has 1 amide bonds. The van der Waals surface area contributed by atoms with Crippen molar-refractivity contribution in [3.05, 3.63) is 96.2 Å². The number of aromatic nitrogens is 3. The van der Waals surface area contributed by atoms with Gasteiger partial charge in [-0.3, -0.25) is 9.59 Å². The van der Waals surface area contributed by atoms with Crippen LogP contribution >= 0.6 is 23.1 Å². The third-order valence-corrected chi connectivity index (χ3v) is 7.43. The number of ketones is 1. The topological polar surface area (TPSA) is 99.8 Å². The van der Waals surface area contributed by atoms with Crippen LogP contribution in [0.1, 0.15) is 28.1 Å². The Morgan fingerprint density at radius 1 is 0.943 bits per heavy atom. The molecular weight excluding hydrogens is 478 g/mol. The van der Waals surface area contributed by atoms with Gasteiger partial charge in [0.1, 0.15) is 5.25 Å². The van der Waals surface area contributed by atoms with E-state index in [0.29, 0.717) is 20.7 Å². The molecule has 0 saturated carbocycles. The van der Waals surface area contributed by atoms with E-state index in [1.807, 2.05) is 78.9 Å². The molecule has 0 saturated heterocycles. The minimum absolute atomic E-state index is 0.00590. The molecule has 9 heteroatoms. The second-order valence-electron chi connectivity index (χ2n) is 7.78. The first-order valence-electron chi connectivity index (χ1n) is 10.9. The third kappa shape index (κ3) is 5.26. The lowest BCUT2D eigenvalue weighted by atomic mass is 10.0. The molecule has 2 heterocycles. The van der Waals surface area contributed by atoms with Gasteiger partial charge in [0.25, 0.3) is 0 Å². The normalized spacial score (nSPS) is 11.8. The average molecular weight is 500 g/mol. The molecule has 0 radical (unpaired) electrons. The fourth-order valence-corrected chi connectivity index (χ4v) is 5.76. The fraction of sp³-hybridized carbons (Fsp3) is 0.0769. The number of aromatic amines is 1. The molecule has 5 aromatic rings. The van der Waals surface area contributed by atoms with Gasteiger partial charge in [0.05, 0.1) is 0 Å². The van der Waals surface area contributed by atoms with Gasteiger partial charge in [-0.05, 0) is 29.8 Å². The first kappa shape index (κ1) is 22.8. The summed E-state index contributed by atoms with van der Waals surface area (Å²) in [6, 6.07) is 24.9. The van der Waals surface area contributed by atoms with Gasteiger partial charge in [-0.1, -0.05) is 77.7 Å². The van der Waals surface area contributed by atoms with Gasteiger partial charge in [0.15, 0.2) is 10.1 Å². The number of carbonyl (C=O) groups excluding carboxylic acids is 2. The molecule has 1 atom stereocenters. The van der Waals surface area contributed by atoms with Crippen molar-refractivity contribution in [3.63, 3.8) is 0 Å². The molecule has 0 aliphatic heterocycles. The van der Waals surface area contributed by atoms with Gasteiger partial charge in [0.2, 0.25) is 11.0 Å². The molecule has 0 aliphatic carbocycles. The van der Waals surface area contributed by atoms with E-state index in [4.69, 9.17) is 0 Å². The zero-order chi connectivity index (χ0) is 24.2. The van der Waals surface area contributed by atoms with Gasteiger partial charge in [-0.15, -0.1) is 10.2 Å². The van der Waals surface area contributed by atoms with Crippen LogP contribution in [0.15, 0.2) is 89.4 Å². The van der Waals surface area contributed by atoms with Crippen molar-refractivity contribution in [1.29, 1.82) is 0 Å². The summed E-state index contributed by atoms with van der Waals surface area (Å²) in [7, 11) is 0. The van der Waals surface area contributed by atoms with Crippen LogP contribution in [0.4, 0.5) is 16.5 Å². The van der Waals surface area contributed by atoms with E-state index < -0.39 is 5.25 Å². The Morgan fingerprint density at radius 3 is 2.54 bits per heavy atom. The molecule has 174 valence electrons. The maximum atomic E-state index is 13.7. The van der Waals surface area contributed by atoms with E-state index in [0.717, 1.165) is 22.2 Å². The molecule has 7 nitrogen and oxygen atoms in total. The van der Waals surface area contributed by atoms with Crippen molar-refractivity contribution >= 4 is 62.2 Å². The zero-order valence-corrected chi connectivity index (χ0v) is 20.3. The number of carbonyl (C=O) groups is 2. The highest BCUT2D eigenvalue weighted by Gasteiger charge is 2.27. The highest BCUT2D eigenvalue weighted by molar-refractivity contribution is 8.02. The van der Waals surface area contributed by atoms with E-state index in [-0.39, 0.29) is 11.7 Å². The maximum Gasteiger partial charge on any atom is 0.221 e. The number of para-hydroxylation sites is 1. The molecule has 0 spiro atoms. The lowest BCUT2D eigenvalue weighted by Gasteiger charge is -2.14. The molecule has 3 N–H and O–H groups in total. The first-order chi connectivity index (χ1) is 17.1. The summed E-state index contributed by atoms with van der Waals surface area (Å²) in [6.45, 7) is 1.47. The Morgan fingerprint density at radius 2 is 1.71 bits per heavy atom. The van der Waals surface area contributed by atoms with Crippen LogP contribution in [0.5, 0.6) is 0 Å². The SMILES string of the molecule is CC(=O)Nc1cccc(Nc2nnc(SC(C(=O)c3c[nH]c4ccccc34)c3ccccc3)s2)c1. The zero-order valence-electron chi connectivity index (χ0n) is 18.7. The van der Waals surface area contributed by atoms with Crippen LogP contribution in [0.2, 0.25) is 0 Å². The van der Waals surface area contributed by atoms with Crippen LogP contribution in [-0.4, -0.2) is 26.9 Å². The van der Waals surface area contributed by atoms with Gasteiger partial charge in [-0.2, -0.15) is 0 Å². The monoisotopic (exact) mass is 499 g/mol. The Bertz CT molecular complexity index is 1500. The molecule has 0 aliphatic rings. The minimum atomic E-state index is -0.473. The van der Waals surface area contributed by atoms with E-state index in [1.165, 1.54) is 30.0 Å². The first-order valence-corrected chi connectivity index (χ1v) is 12.6. The molecule has 2 aromatic heterocycles. The number of anilines is 3. The summed E-state index contributed by atoms with van der Waals surface area (Å²) in [4.78, 5) is 28.2. The number of rotatable bonds is 8. The standard InChI is InChI=1S/C26H21N5O2S2/c1-16(32)28-18-10-7-11-19(14-18)29-25-30-31-26(35-25)34-24(17-8-3-2-4-9-17)23(33)21-15-27-22-13-6-5-12-20(21)22/h2-15,24,27H,1H3,(H,28,32)(H,29,30). The Labute approximate surface area is 210 Å². The van der Waals surface area contributed by atoms with Crippen LogP contribution in [0, 0.1) is 0 Å². The number of H-pyrrole nitrogens is 1. The minimum Gasteiger partial charge on any atom is -0.360 e. The maximum absolute atomic E-state index is 13.7. The highest BCUT2D eigenvalue weighted by atomic mass is 32.2. The van der Waals surface area contributed by atoms with Crippen LogP contribution in [-0.2, 0) is 4.79 Å². The number of benzene rings is 3. The highest BCUT2D eigenvalue weighted by Crippen LogP contribution is 2.41. The summed E-state index contributed by atoms with van der Waals surface area (Å²) < 4.78 is 0.674. The Hall–Kier alpha value is -3.95. The van der Waals surface area contributed by atoms with E-state index in [2.05, 4.69) is 25.8 Å². The van der Waals surface area contributed by atoms with Crippen LogP contribution in [0.3, 0.4) is 0 Å². The van der Waals surface area contributed by atoms with Crippen molar-refractivity contribution in [2.24, 2.45) is 0 Å². The largest absolute Gasteiger partial charge is 0.360 e. The summed E-state index contributed by atoms with van der Waals surface area (Å²) in [5, 5.41) is 15.6. The predicted molar refractivity (Wildman–Crippen MR) is 142 cm³/mol. The molecule has 3 aromatic carbocycles. The average Bonchev–Trinajstić information content (AvgIpc) is 3.49. The number of nitrogens with zero attached hydrogens (tertiary/aromatic N) is 2. The van der Waals surface area contributed by atoms with Crippen molar-refractivity contribution in [2.45, 2.75) is 16.5 Å². The summed E-state index contributed by atoms with van der Waals surface area (Å²) in [5.74, 6) is -0.130. The number of thioether (sulfide) groups is 1. The molecule has 35 heavy (non-hydrogen) atoms. The predicted octanol–water partition coefficient (Wildman–Crippen LogP) is 6.44. The van der Waals surface area contributed by atoms with Crippen molar-refractivity contribution in [1.82, 2.24) is 15.2 Å². The lowest BCUT2D eigenvalue weighted by Crippen LogP contribution is -2.09. The van der Waals surface area contributed by atoms with E-state index in [1.54, 1.807) is 6.20 Å². The molecule has 0 fully saturated rings. The Kier molecular flexibility index (Phi) is 6.60. The number of amides is 1. The lowest BCUT2D eigenvalue weighted by molar-refractivity contribution is -0.114. The number of hydrogen-bond donors (Lipinski definition) is 3. The third-order valence-electron chi connectivity index (χ3n) is 5.25. The Balaban J connectivity index is 1.39. The summed E-state index contributed by atoms with van der Waals surface area (Å²) >= 11 is 2.76. The second kappa shape index (κ2) is 10.1. The van der Waals surface area contributed by atoms with Crippen LogP contribution < -0.4 is 10.6 Å². The molecule has 0 bridgehead atoms. The smallest absolute Gasteiger partial charge is 0.221 e. The summed E-state index contributed by atoms with van der Waals surface area (Å²) in [5.41, 5.74) is 3.95. The second-order valence-corrected chi connectivity index (χ2v) is 10.1. The van der Waals surface area contributed by atoms with Crippen molar-refractivity contribution < 1.29 is 9.59 Å². The van der Waals surface area contributed by atoms with Gasteiger partial charge < -0.3 is 15.6 Å². The quantitative estimate of drug-likeness (QED) is 0.168. The number of hydrogen-bond acceptors (Lipinski definition) is 7. The van der Waals surface area contributed by atoms with Gasteiger partial charge in [-0.25, -0.2) is 0 Å². The fourth-order valence-electron chi connectivity index (χ4n) is 3.73. The van der Waals surface area contributed by atoms with Gasteiger partial charge >= 0.3 is 0 Å². The number of nitrogens with one attached hydrogen (secondary N) is 3. The van der Waals surface area contributed by atoms with Gasteiger partial charge in [0, 0.05) is 41.0 Å². The van der Waals surface area contributed by atoms with E-state index >= 15 is 0 Å². The van der Waals surface area contributed by atoms with Crippen molar-refractivity contribution in [3.8, 4) is 0 Å². The van der Waals surface area contributed by atoms with Crippen molar-refractivity contribution in [2.75, 3.05) is 10.6 Å². The van der Waals surface area contributed by atoms with Crippen LogP contribution in [0.25, 0.3) is 10.9 Å². The molecule has 5 rings (SSSR count). The number of Topliss-reactive ketones (excluding diaryl/α,β-unsaturated/α-hetero) is 1.